The Morgan fingerprint density at radius 2 is 0.838 bits per heavy atom. The van der Waals surface area contributed by atoms with Crippen molar-refractivity contribution in [3.8, 4) is 22.3 Å². The number of nitrogens with zero attached hydrogens (tertiary/aromatic N) is 2. The van der Waals surface area contributed by atoms with Gasteiger partial charge in [-0.15, -0.1) is 0 Å². The lowest BCUT2D eigenvalue weighted by Gasteiger charge is -2.34. The Hall–Kier alpha value is -9.38. The number of fused-ring (bicyclic) bond motifs is 12. The van der Waals surface area contributed by atoms with E-state index in [-0.39, 0.29) is 16.5 Å². The van der Waals surface area contributed by atoms with Gasteiger partial charge < -0.3 is 18.6 Å². The minimum absolute atomic E-state index is 0.232. The summed E-state index contributed by atoms with van der Waals surface area (Å²) in [6, 6.07) is 58.8. The van der Waals surface area contributed by atoms with E-state index in [9.17, 15) is 5.48 Å². The van der Waals surface area contributed by atoms with Gasteiger partial charge in [0.25, 0.3) is 0 Å². The van der Waals surface area contributed by atoms with Gasteiger partial charge in [0.1, 0.15) is 22.3 Å². The van der Waals surface area contributed by atoms with E-state index in [0.717, 1.165) is 72.3 Å². The maximum Gasteiger partial charge on any atom is 0.137 e. The number of para-hydroxylation sites is 2. The summed E-state index contributed by atoms with van der Waals surface area (Å²) >= 11 is 0. The molecule has 0 N–H and O–H groups in total. The second-order valence-electron chi connectivity index (χ2n) is 19.6. The number of furan rings is 2. The van der Waals surface area contributed by atoms with Crippen LogP contribution in [0.25, 0.3) is 66.1 Å². The van der Waals surface area contributed by atoms with Crippen LogP contribution in [0.4, 0.5) is 34.1 Å². The van der Waals surface area contributed by atoms with Crippen molar-refractivity contribution in [2.24, 2.45) is 0 Å². The van der Waals surface area contributed by atoms with E-state index in [4.69, 9.17) is 17.1 Å². The lowest BCUT2D eigenvalue weighted by atomic mass is 9.68. The summed E-state index contributed by atoms with van der Waals surface area (Å²) < 4.78 is 105. The summed E-state index contributed by atoms with van der Waals surface area (Å²) in [7, 11) is 0. The molecular weight excluding hydrogens is 901 g/mol. The zero-order valence-electron chi connectivity index (χ0n) is 50.2. The molecule has 15 rings (SSSR count). The number of rotatable bonds is 8. The predicted molar refractivity (Wildman–Crippen MR) is 305 cm³/mol. The fourth-order valence-electron chi connectivity index (χ4n) is 12.4. The molecule has 2 aliphatic rings. The first-order valence-corrected chi connectivity index (χ1v) is 24.8. The van der Waals surface area contributed by atoms with Crippen LogP contribution in [0.5, 0.6) is 0 Å². The number of anilines is 6. The Bertz CT molecular complexity index is 4880. The molecule has 2 heterocycles. The summed E-state index contributed by atoms with van der Waals surface area (Å²) in [5.74, 6) is 0. The minimum Gasteiger partial charge on any atom is -0.456 e. The topological polar surface area (TPSA) is 32.8 Å². The van der Waals surface area contributed by atoms with Gasteiger partial charge in [0.05, 0.1) is 47.0 Å². The molecule has 0 radical (unpaired) electrons. The van der Waals surface area contributed by atoms with Crippen LogP contribution in [0.2, 0.25) is 0 Å². The fourth-order valence-corrected chi connectivity index (χ4v) is 12.4. The molecule has 350 valence electrons. The molecule has 4 heteroatoms. The van der Waals surface area contributed by atoms with E-state index in [0.29, 0.717) is 39.1 Å². The average molecular weight is 959 g/mol. The Morgan fingerprint density at radius 3 is 1.50 bits per heavy atom. The van der Waals surface area contributed by atoms with Gasteiger partial charge in [-0.05, 0) is 123 Å². The average Bonchev–Trinajstić information content (AvgIpc) is 1.49. The summed E-state index contributed by atoms with van der Waals surface area (Å²) in [5.41, 5.74) is 11.6. The molecule has 0 aliphatic heterocycles. The van der Waals surface area contributed by atoms with Crippen molar-refractivity contribution in [3.05, 3.63) is 288 Å². The van der Waals surface area contributed by atoms with Crippen LogP contribution >= 0.6 is 0 Å². The van der Waals surface area contributed by atoms with Gasteiger partial charge in [-0.1, -0.05) is 196 Å². The quantitative estimate of drug-likeness (QED) is 0.152. The molecule has 0 amide bonds. The molecular formula is C70H48N2O2. The maximum absolute atomic E-state index is 9.61. The van der Waals surface area contributed by atoms with Crippen LogP contribution in [0.1, 0.15) is 60.9 Å². The Kier molecular flexibility index (Phi) is 7.23. The van der Waals surface area contributed by atoms with Gasteiger partial charge in [0, 0.05) is 38.8 Å². The molecule has 0 bridgehead atoms. The second kappa shape index (κ2) is 16.1. The van der Waals surface area contributed by atoms with Crippen molar-refractivity contribution in [1.82, 2.24) is 0 Å². The van der Waals surface area contributed by atoms with Gasteiger partial charge in [-0.2, -0.15) is 0 Å². The van der Waals surface area contributed by atoms with Crippen LogP contribution in [0, 0.1) is 0 Å². The van der Waals surface area contributed by atoms with Crippen LogP contribution < -0.4 is 9.80 Å². The highest BCUT2D eigenvalue weighted by molar-refractivity contribution is 6.15. The number of hydrogen-bond donors (Lipinski definition) is 0. The Balaban J connectivity index is 1.03. The van der Waals surface area contributed by atoms with Gasteiger partial charge >= 0.3 is 0 Å². The van der Waals surface area contributed by atoms with Gasteiger partial charge in [0.15, 0.2) is 0 Å². The zero-order valence-corrected chi connectivity index (χ0v) is 40.2. The first-order chi connectivity index (χ1) is 40.6. The standard InChI is InChI=1S/C70H48N2O2/c1-69(2)55-31-13-10-28-51(55)66-58(69)33-18-34-59(66)72(61-36-20-40-65-68(61)53-30-12-16-38-63(53)74-65)48-26-17-25-47(43-48)71(60-35-19-39-64-67(60)52-29-11-15-37-62(52)73-64)49-41-42-57-54(44-49)50-27-9-14-32-56(50)70(57,45-21-5-3-6-22-45)46-23-7-4-8-24-46/h3-44H,1-2H3/i3D,4D,5D,6D,7D,8D,21D,22D,23D,24D. The normalized spacial score (nSPS) is 15.6. The highest BCUT2D eigenvalue weighted by Crippen LogP contribution is 2.59. The molecule has 0 saturated carbocycles. The van der Waals surface area contributed by atoms with Crippen molar-refractivity contribution in [2.45, 2.75) is 24.7 Å². The van der Waals surface area contributed by atoms with Crippen LogP contribution in [0.15, 0.2) is 263 Å². The van der Waals surface area contributed by atoms with Crippen molar-refractivity contribution >= 4 is 78.0 Å². The van der Waals surface area contributed by atoms with Gasteiger partial charge in [-0.3, -0.25) is 0 Å². The van der Waals surface area contributed by atoms with Crippen molar-refractivity contribution in [3.63, 3.8) is 0 Å². The van der Waals surface area contributed by atoms with Gasteiger partial charge in [-0.25, -0.2) is 0 Å². The van der Waals surface area contributed by atoms with E-state index in [1.165, 1.54) is 11.1 Å². The molecule has 0 atom stereocenters. The zero-order chi connectivity index (χ0) is 57.8. The number of benzene rings is 11. The minimum atomic E-state index is -2.02. The largest absolute Gasteiger partial charge is 0.456 e. The molecule has 0 spiro atoms. The third-order valence-corrected chi connectivity index (χ3v) is 15.5. The molecule has 2 aliphatic carbocycles. The van der Waals surface area contributed by atoms with E-state index in [1.54, 1.807) is 12.1 Å². The predicted octanol–water partition coefficient (Wildman–Crippen LogP) is 19.1. The molecule has 4 nitrogen and oxygen atoms in total. The van der Waals surface area contributed by atoms with Crippen molar-refractivity contribution in [1.29, 1.82) is 0 Å². The van der Waals surface area contributed by atoms with E-state index < -0.39 is 65.8 Å². The maximum atomic E-state index is 9.61. The summed E-state index contributed by atoms with van der Waals surface area (Å²) in [6.07, 6.45) is 0. The molecule has 0 saturated heterocycles. The molecule has 0 fully saturated rings. The smallest absolute Gasteiger partial charge is 0.137 e. The third-order valence-electron chi connectivity index (χ3n) is 15.5. The Labute approximate surface area is 443 Å². The Morgan fingerprint density at radius 1 is 0.365 bits per heavy atom. The van der Waals surface area contributed by atoms with Crippen LogP contribution in [-0.4, -0.2) is 0 Å². The monoisotopic (exact) mass is 958 g/mol. The van der Waals surface area contributed by atoms with E-state index in [1.807, 2.05) is 97.1 Å². The highest BCUT2D eigenvalue weighted by atomic mass is 16.3. The molecule has 13 aromatic rings. The first-order valence-electron chi connectivity index (χ1n) is 29.8. The fraction of sp³-hybridized carbons (Fsp3) is 0.0571. The SMILES string of the molecule is [2H]c1c([2H])c([2H])c(C2(c3c([2H])c([2H])c([2H])c([2H])c3[2H])c3ccccc3-c3cc(N(c4cccc(N(c5cccc6c5-c5ccccc5C6(C)C)c5cccc6oc7ccccc7c56)c4)c4cccc5oc6ccccc6c45)ccc32)c([2H])c1[2H]. The highest BCUT2D eigenvalue weighted by Gasteiger charge is 2.46. The second-order valence-corrected chi connectivity index (χ2v) is 19.6. The first kappa shape index (κ1) is 33.3. The molecule has 0 unspecified atom stereocenters. The van der Waals surface area contributed by atoms with Crippen LogP contribution in [-0.2, 0) is 10.8 Å². The molecule has 2 aromatic heterocycles. The summed E-state index contributed by atoms with van der Waals surface area (Å²) in [6.45, 7) is 4.56. The van der Waals surface area contributed by atoms with Crippen molar-refractivity contribution < 1.29 is 22.5 Å². The lowest BCUT2D eigenvalue weighted by molar-refractivity contribution is 0.660. The van der Waals surface area contributed by atoms with Crippen molar-refractivity contribution in [2.75, 3.05) is 9.80 Å². The lowest BCUT2D eigenvalue weighted by Crippen LogP contribution is -2.28. The van der Waals surface area contributed by atoms with Gasteiger partial charge in [0.2, 0.25) is 0 Å². The van der Waals surface area contributed by atoms with E-state index in [2.05, 4.69) is 109 Å². The number of hydrogen-bond acceptors (Lipinski definition) is 4. The van der Waals surface area contributed by atoms with Crippen LogP contribution in [0.3, 0.4) is 0 Å². The summed E-state index contributed by atoms with van der Waals surface area (Å²) in [5, 5.41) is 3.66. The van der Waals surface area contributed by atoms with E-state index >= 15 is 0 Å². The molecule has 74 heavy (non-hydrogen) atoms. The summed E-state index contributed by atoms with van der Waals surface area (Å²) in [4.78, 5) is 4.51. The molecule has 11 aromatic carbocycles. The third kappa shape index (κ3) is 5.97.